The van der Waals surface area contributed by atoms with Crippen molar-refractivity contribution in [2.45, 2.75) is 12.5 Å². The highest BCUT2D eigenvalue weighted by molar-refractivity contribution is 5.80. The summed E-state index contributed by atoms with van der Waals surface area (Å²) in [4.78, 5) is 13.3. The zero-order chi connectivity index (χ0) is 14.8. The molecule has 0 spiro atoms. The highest BCUT2D eigenvalue weighted by Crippen LogP contribution is 2.28. The van der Waals surface area contributed by atoms with Crippen LogP contribution in [0.3, 0.4) is 0 Å². The van der Waals surface area contributed by atoms with Crippen LogP contribution in [0.5, 0.6) is 0 Å². The summed E-state index contributed by atoms with van der Waals surface area (Å²) in [6, 6.07) is 17.7. The highest BCUT2D eigenvalue weighted by atomic mass is 16.4. The van der Waals surface area contributed by atoms with Crippen molar-refractivity contribution in [1.82, 2.24) is 4.90 Å². The molecule has 0 aliphatic carbocycles. The lowest BCUT2D eigenvalue weighted by atomic mass is 9.89. The molecule has 3 heteroatoms. The molecule has 0 heterocycles. The molecule has 20 heavy (non-hydrogen) atoms. The molecule has 3 nitrogen and oxygen atoms in total. The molecule has 104 valence electrons. The van der Waals surface area contributed by atoms with E-state index in [2.05, 4.69) is 0 Å². The van der Waals surface area contributed by atoms with Crippen molar-refractivity contribution >= 4 is 5.97 Å². The molecule has 0 aliphatic rings. The van der Waals surface area contributed by atoms with Crippen LogP contribution in [0.1, 0.15) is 12.5 Å². The van der Waals surface area contributed by atoms with Gasteiger partial charge >= 0.3 is 5.97 Å². The van der Waals surface area contributed by atoms with Crippen molar-refractivity contribution in [2.24, 2.45) is 0 Å². The van der Waals surface area contributed by atoms with Gasteiger partial charge in [0.15, 0.2) is 0 Å². The number of likely N-dealkylation sites (N-methyl/N-ethyl adjacent to an activating group) is 1. The third-order valence-electron chi connectivity index (χ3n) is 3.87. The third kappa shape index (κ3) is 2.45. The van der Waals surface area contributed by atoms with E-state index >= 15 is 0 Å². The van der Waals surface area contributed by atoms with Gasteiger partial charge in [-0.2, -0.15) is 0 Å². The van der Waals surface area contributed by atoms with Gasteiger partial charge in [0.05, 0.1) is 0 Å². The van der Waals surface area contributed by atoms with Crippen molar-refractivity contribution in [2.75, 3.05) is 14.1 Å². The Bertz CT molecular complexity index is 590. The molecule has 2 aromatic rings. The zero-order valence-corrected chi connectivity index (χ0v) is 12.0. The largest absolute Gasteiger partial charge is 0.480 e. The maximum absolute atomic E-state index is 11.6. The number of carbonyl (C=O) groups is 1. The summed E-state index contributed by atoms with van der Waals surface area (Å²) in [6.07, 6.45) is 0. The van der Waals surface area contributed by atoms with E-state index < -0.39 is 11.5 Å². The summed E-state index contributed by atoms with van der Waals surface area (Å²) in [6.45, 7) is 1.72. The van der Waals surface area contributed by atoms with Crippen LogP contribution >= 0.6 is 0 Å². The van der Waals surface area contributed by atoms with Crippen molar-refractivity contribution in [3.63, 3.8) is 0 Å². The lowest BCUT2D eigenvalue weighted by Gasteiger charge is -2.32. The number of nitrogens with zero attached hydrogens (tertiary/aromatic N) is 1. The van der Waals surface area contributed by atoms with E-state index in [4.69, 9.17) is 0 Å². The molecule has 2 rings (SSSR count). The number of carboxylic acid groups (broad SMARTS) is 1. The van der Waals surface area contributed by atoms with Crippen molar-refractivity contribution in [3.05, 3.63) is 60.2 Å². The van der Waals surface area contributed by atoms with Gasteiger partial charge in [0.1, 0.15) is 5.54 Å². The number of aliphatic carboxylic acids is 1. The first-order valence-electron chi connectivity index (χ1n) is 6.53. The van der Waals surface area contributed by atoms with Crippen LogP contribution in [0.2, 0.25) is 0 Å². The second-order valence-corrected chi connectivity index (χ2v) is 5.22. The fourth-order valence-electron chi connectivity index (χ4n) is 2.19. The smallest absolute Gasteiger partial charge is 0.328 e. The molecule has 1 atom stereocenters. The van der Waals surface area contributed by atoms with Crippen LogP contribution in [-0.2, 0) is 10.3 Å². The second kappa shape index (κ2) is 5.47. The normalized spacial score (nSPS) is 14.0. The predicted octanol–water partition coefficient (Wildman–Crippen LogP) is 3.22. The van der Waals surface area contributed by atoms with E-state index in [-0.39, 0.29) is 0 Å². The van der Waals surface area contributed by atoms with E-state index in [0.29, 0.717) is 0 Å². The molecule has 1 N–H and O–H groups in total. The van der Waals surface area contributed by atoms with Gasteiger partial charge < -0.3 is 5.11 Å². The number of carboxylic acids is 1. The summed E-state index contributed by atoms with van der Waals surface area (Å²) in [5.41, 5.74) is 1.96. The Morgan fingerprint density at radius 3 is 1.90 bits per heavy atom. The molecule has 1 unspecified atom stereocenters. The molecule has 0 saturated carbocycles. The van der Waals surface area contributed by atoms with Gasteiger partial charge in [-0.3, -0.25) is 4.90 Å². The Morgan fingerprint density at radius 1 is 0.950 bits per heavy atom. The van der Waals surface area contributed by atoms with E-state index in [9.17, 15) is 9.90 Å². The van der Waals surface area contributed by atoms with E-state index in [1.54, 1.807) is 25.9 Å². The van der Waals surface area contributed by atoms with Gasteiger partial charge in [0, 0.05) is 0 Å². The average Bonchev–Trinajstić information content (AvgIpc) is 2.47. The fraction of sp³-hybridized carbons (Fsp3) is 0.235. The zero-order valence-electron chi connectivity index (χ0n) is 12.0. The van der Waals surface area contributed by atoms with Crippen LogP contribution in [0.25, 0.3) is 11.1 Å². The third-order valence-corrected chi connectivity index (χ3v) is 3.87. The minimum absolute atomic E-state index is 0.773. The molecule has 0 fully saturated rings. The average molecular weight is 269 g/mol. The molecule has 2 aromatic carbocycles. The Labute approximate surface area is 119 Å². The van der Waals surface area contributed by atoms with Crippen LogP contribution in [-0.4, -0.2) is 30.1 Å². The second-order valence-electron chi connectivity index (χ2n) is 5.22. The molecule has 0 radical (unpaired) electrons. The lowest BCUT2D eigenvalue weighted by molar-refractivity contribution is -0.149. The van der Waals surface area contributed by atoms with Crippen LogP contribution < -0.4 is 0 Å². The van der Waals surface area contributed by atoms with Gasteiger partial charge in [-0.25, -0.2) is 4.79 Å². The van der Waals surface area contributed by atoms with Crippen LogP contribution in [0, 0.1) is 0 Å². The summed E-state index contributed by atoms with van der Waals surface area (Å²) in [5.74, 6) is -0.852. The number of benzene rings is 2. The maximum Gasteiger partial charge on any atom is 0.328 e. The van der Waals surface area contributed by atoms with Crippen molar-refractivity contribution in [1.29, 1.82) is 0 Å². The Kier molecular flexibility index (Phi) is 3.91. The van der Waals surface area contributed by atoms with Crippen molar-refractivity contribution in [3.8, 4) is 11.1 Å². The monoisotopic (exact) mass is 269 g/mol. The Morgan fingerprint density at radius 2 is 1.45 bits per heavy atom. The fourth-order valence-corrected chi connectivity index (χ4v) is 2.19. The van der Waals surface area contributed by atoms with E-state index in [0.717, 1.165) is 16.7 Å². The Hall–Kier alpha value is -2.13. The standard InChI is InChI=1S/C17H19NO2/c1-17(16(19)20,18(2)3)15-11-9-14(10-12-15)13-7-5-4-6-8-13/h4-12H,1-3H3,(H,19,20). The van der Waals surface area contributed by atoms with Gasteiger partial charge in [0.2, 0.25) is 0 Å². The first-order chi connectivity index (χ1) is 9.46. The summed E-state index contributed by atoms with van der Waals surface area (Å²) < 4.78 is 0. The molecule has 0 aliphatic heterocycles. The molecule has 0 aromatic heterocycles. The minimum atomic E-state index is -1.02. The van der Waals surface area contributed by atoms with E-state index in [1.165, 1.54) is 0 Å². The number of hydrogen-bond donors (Lipinski definition) is 1. The van der Waals surface area contributed by atoms with Gasteiger partial charge in [-0.1, -0.05) is 54.6 Å². The highest BCUT2D eigenvalue weighted by Gasteiger charge is 2.37. The topological polar surface area (TPSA) is 40.5 Å². The van der Waals surface area contributed by atoms with Crippen LogP contribution in [0.4, 0.5) is 0 Å². The molecular weight excluding hydrogens is 250 g/mol. The first-order valence-corrected chi connectivity index (χ1v) is 6.53. The SMILES string of the molecule is CN(C)C(C)(C(=O)O)c1ccc(-c2ccccc2)cc1. The lowest BCUT2D eigenvalue weighted by Crippen LogP contribution is -2.45. The number of rotatable bonds is 4. The van der Waals surface area contributed by atoms with Gasteiger partial charge in [0.25, 0.3) is 0 Å². The summed E-state index contributed by atoms with van der Waals surface area (Å²) >= 11 is 0. The van der Waals surface area contributed by atoms with Crippen molar-refractivity contribution < 1.29 is 9.90 Å². The van der Waals surface area contributed by atoms with Gasteiger partial charge in [-0.15, -0.1) is 0 Å². The van der Waals surface area contributed by atoms with E-state index in [1.807, 2.05) is 54.6 Å². The minimum Gasteiger partial charge on any atom is -0.480 e. The quantitative estimate of drug-likeness (QED) is 0.926. The summed E-state index contributed by atoms with van der Waals surface area (Å²) in [7, 11) is 3.55. The molecule has 0 bridgehead atoms. The van der Waals surface area contributed by atoms with Gasteiger partial charge in [-0.05, 0) is 37.7 Å². The first kappa shape index (κ1) is 14.3. The summed E-state index contributed by atoms with van der Waals surface area (Å²) in [5, 5.41) is 9.50. The maximum atomic E-state index is 11.6. The molecule has 0 amide bonds. The predicted molar refractivity (Wildman–Crippen MR) is 80.6 cm³/mol. The Balaban J connectivity index is 2.40. The number of hydrogen-bond acceptors (Lipinski definition) is 2. The molecule has 0 saturated heterocycles. The van der Waals surface area contributed by atoms with Crippen LogP contribution in [0.15, 0.2) is 54.6 Å². The molecular formula is C17H19NO2.